The number of ether oxygens (including phenoxy) is 2. The summed E-state index contributed by atoms with van der Waals surface area (Å²) < 4.78 is 23.4. The lowest BCUT2D eigenvalue weighted by Crippen LogP contribution is -2.28. The summed E-state index contributed by atoms with van der Waals surface area (Å²) in [5, 5.41) is 2.59. The molecule has 2 aromatic rings. The molecule has 6 heteroatoms. The second-order valence-corrected chi connectivity index (χ2v) is 5.05. The van der Waals surface area contributed by atoms with Gasteiger partial charge in [0.1, 0.15) is 11.6 Å². The average molecular weight is 331 g/mol. The lowest BCUT2D eigenvalue weighted by molar-refractivity contribution is -0.139. The molecule has 0 aliphatic heterocycles. The molecule has 0 heterocycles. The van der Waals surface area contributed by atoms with Gasteiger partial charge in [0.15, 0.2) is 6.61 Å². The van der Waals surface area contributed by atoms with Gasteiger partial charge in [-0.25, -0.2) is 4.39 Å². The van der Waals surface area contributed by atoms with Gasteiger partial charge in [-0.3, -0.25) is 9.59 Å². The summed E-state index contributed by atoms with van der Waals surface area (Å²) in [7, 11) is 1.33. The molecule has 2 aromatic carbocycles. The van der Waals surface area contributed by atoms with Crippen molar-refractivity contribution in [3.63, 3.8) is 0 Å². The van der Waals surface area contributed by atoms with E-state index >= 15 is 0 Å². The highest BCUT2D eigenvalue weighted by Gasteiger charge is 2.06. The quantitative estimate of drug-likeness (QED) is 0.790. The Hall–Kier alpha value is -2.89. The Morgan fingerprint density at radius 2 is 1.79 bits per heavy atom. The van der Waals surface area contributed by atoms with Gasteiger partial charge in [-0.15, -0.1) is 0 Å². The van der Waals surface area contributed by atoms with Gasteiger partial charge in [0.25, 0.3) is 5.91 Å². The molecule has 0 aliphatic carbocycles. The third-order valence-electron chi connectivity index (χ3n) is 3.30. The fourth-order valence-electron chi connectivity index (χ4n) is 1.98. The fraction of sp³-hybridized carbons (Fsp3) is 0.222. The van der Waals surface area contributed by atoms with Crippen molar-refractivity contribution in [2.75, 3.05) is 13.7 Å². The lowest BCUT2D eigenvalue weighted by atomic mass is 10.1. The summed E-state index contributed by atoms with van der Waals surface area (Å²) >= 11 is 0. The molecular weight excluding hydrogens is 313 g/mol. The first-order valence-electron chi connectivity index (χ1n) is 7.37. The van der Waals surface area contributed by atoms with Crippen LogP contribution >= 0.6 is 0 Å². The van der Waals surface area contributed by atoms with E-state index in [1.807, 2.05) is 0 Å². The molecule has 1 N–H and O–H groups in total. The van der Waals surface area contributed by atoms with Crippen molar-refractivity contribution in [1.29, 1.82) is 0 Å². The van der Waals surface area contributed by atoms with Crippen molar-refractivity contribution < 1.29 is 23.5 Å². The third-order valence-corrected chi connectivity index (χ3v) is 3.30. The third kappa shape index (κ3) is 5.39. The highest BCUT2D eigenvalue weighted by Crippen LogP contribution is 2.13. The van der Waals surface area contributed by atoms with Gasteiger partial charge in [-0.05, 0) is 23.8 Å². The van der Waals surface area contributed by atoms with Crippen LogP contribution in [-0.2, 0) is 27.3 Å². The molecule has 126 valence electrons. The number of nitrogens with one attached hydrogen (secondary N) is 1. The maximum Gasteiger partial charge on any atom is 0.309 e. The SMILES string of the molecule is COC(=O)Cc1ccc(OCC(=O)NCc2ccccc2F)cc1. The first-order chi connectivity index (χ1) is 11.6. The number of rotatable bonds is 7. The Labute approximate surface area is 139 Å². The van der Waals surface area contributed by atoms with E-state index in [-0.39, 0.29) is 37.3 Å². The Balaban J connectivity index is 1.77. The van der Waals surface area contributed by atoms with Gasteiger partial charge in [-0.2, -0.15) is 0 Å². The molecule has 24 heavy (non-hydrogen) atoms. The van der Waals surface area contributed by atoms with Crippen LogP contribution in [0.4, 0.5) is 4.39 Å². The molecular formula is C18H18FNO4. The van der Waals surface area contributed by atoms with Crippen molar-refractivity contribution in [3.05, 3.63) is 65.5 Å². The second kappa shape index (κ2) is 8.67. The number of esters is 1. The number of methoxy groups -OCH3 is 1. The maximum atomic E-state index is 13.4. The summed E-state index contributed by atoms with van der Waals surface area (Å²) in [6.45, 7) is -0.0717. The largest absolute Gasteiger partial charge is 0.484 e. The van der Waals surface area contributed by atoms with Crippen molar-refractivity contribution in [3.8, 4) is 5.75 Å². The van der Waals surface area contributed by atoms with Gasteiger partial charge in [0, 0.05) is 12.1 Å². The van der Waals surface area contributed by atoms with Crippen molar-refractivity contribution in [1.82, 2.24) is 5.32 Å². The van der Waals surface area contributed by atoms with E-state index in [1.54, 1.807) is 42.5 Å². The van der Waals surface area contributed by atoms with Crippen LogP contribution in [0, 0.1) is 5.82 Å². The molecule has 0 bridgehead atoms. The van der Waals surface area contributed by atoms with Gasteiger partial charge >= 0.3 is 5.97 Å². The standard InChI is InChI=1S/C18H18FNO4/c1-23-18(22)10-13-6-8-15(9-7-13)24-12-17(21)20-11-14-4-2-3-5-16(14)19/h2-9H,10-12H2,1H3,(H,20,21). The van der Waals surface area contributed by atoms with Gasteiger partial charge in [-0.1, -0.05) is 30.3 Å². The zero-order chi connectivity index (χ0) is 17.4. The molecule has 0 aliphatic rings. The van der Waals surface area contributed by atoms with E-state index in [2.05, 4.69) is 10.1 Å². The summed E-state index contributed by atoms with van der Waals surface area (Å²) in [4.78, 5) is 22.9. The number of hydrogen-bond acceptors (Lipinski definition) is 4. The monoisotopic (exact) mass is 331 g/mol. The van der Waals surface area contributed by atoms with Crippen molar-refractivity contribution >= 4 is 11.9 Å². The van der Waals surface area contributed by atoms with E-state index in [0.29, 0.717) is 11.3 Å². The first kappa shape index (κ1) is 17.5. The van der Waals surface area contributed by atoms with E-state index in [0.717, 1.165) is 5.56 Å². The zero-order valence-electron chi connectivity index (χ0n) is 13.3. The van der Waals surface area contributed by atoms with Crippen LogP contribution in [0.3, 0.4) is 0 Å². The predicted molar refractivity (Wildman–Crippen MR) is 85.9 cm³/mol. The summed E-state index contributed by atoms with van der Waals surface area (Å²) in [5.41, 5.74) is 1.20. The van der Waals surface area contributed by atoms with E-state index < -0.39 is 0 Å². The van der Waals surface area contributed by atoms with E-state index in [1.165, 1.54) is 13.2 Å². The highest BCUT2D eigenvalue weighted by molar-refractivity contribution is 5.77. The Morgan fingerprint density at radius 3 is 2.46 bits per heavy atom. The van der Waals surface area contributed by atoms with E-state index in [4.69, 9.17) is 4.74 Å². The smallest absolute Gasteiger partial charge is 0.309 e. The molecule has 2 rings (SSSR count). The summed E-state index contributed by atoms with van der Waals surface area (Å²) in [6, 6.07) is 13.0. The fourth-order valence-corrected chi connectivity index (χ4v) is 1.98. The number of benzene rings is 2. The molecule has 0 spiro atoms. The molecule has 0 atom stereocenters. The molecule has 0 fully saturated rings. The van der Waals surface area contributed by atoms with Crippen LogP contribution in [0.15, 0.2) is 48.5 Å². The van der Waals surface area contributed by atoms with Gasteiger partial charge in [0.2, 0.25) is 0 Å². The Morgan fingerprint density at radius 1 is 1.08 bits per heavy atom. The number of carbonyl (C=O) groups excluding carboxylic acids is 2. The van der Waals surface area contributed by atoms with Crippen LogP contribution in [0.2, 0.25) is 0 Å². The Kier molecular flexibility index (Phi) is 6.31. The Bertz CT molecular complexity index is 700. The number of hydrogen-bond donors (Lipinski definition) is 1. The van der Waals surface area contributed by atoms with Crippen LogP contribution < -0.4 is 10.1 Å². The van der Waals surface area contributed by atoms with E-state index in [9.17, 15) is 14.0 Å². The second-order valence-electron chi connectivity index (χ2n) is 5.05. The molecule has 0 saturated carbocycles. The van der Waals surface area contributed by atoms with Crippen LogP contribution in [0.1, 0.15) is 11.1 Å². The predicted octanol–water partition coefficient (Wildman–Crippen LogP) is 2.24. The number of halogens is 1. The van der Waals surface area contributed by atoms with Crippen LogP contribution in [-0.4, -0.2) is 25.6 Å². The van der Waals surface area contributed by atoms with Crippen molar-refractivity contribution in [2.24, 2.45) is 0 Å². The summed E-state index contributed by atoms with van der Waals surface area (Å²) in [5.74, 6) is -0.530. The molecule has 0 unspecified atom stereocenters. The minimum Gasteiger partial charge on any atom is -0.484 e. The van der Waals surface area contributed by atoms with Gasteiger partial charge < -0.3 is 14.8 Å². The normalized spacial score (nSPS) is 10.1. The number of carbonyl (C=O) groups is 2. The lowest BCUT2D eigenvalue weighted by Gasteiger charge is -2.08. The highest BCUT2D eigenvalue weighted by atomic mass is 19.1. The molecule has 0 aromatic heterocycles. The average Bonchev–Trinajstić information content (AvgIpc) is 2.60. The molecule has 1 amide bonds. The zero-order valence-corrected chi connectivity index (χ0v) is 13.3. The molecule has 0 radical (unpaired) electrons. The maximum absolute atomic E-state index is 13.4. The van der Waals surface area contributed by atoms with Crippen LogP contribution in [0.25, 0.3) is 0 Å². The minimum absolute atomic E-state index is 0.104. The van der Waals surface area contributed by atoms with Crippen LogP contribution in [0.5, 0.6) is 5.75 Å². The first-order valence-corrected chi connectivity index (χ1v) is 7.37. The topological polar surface area (TPSA) is 64.6 Å². The molecule has 0 saturated heterocycles. The van der Waals surface area contributed by atoms with Crippen molar-refractivity contribution in [2.45, 2.75) is 13.0 Å². The molecule has 5 nitrogen and oxygen atoms in total. The van der Waals surface area contributed by atoms with Gasteiger partial charge in [0.05, 0.1) is 13.5 Å². The number of amides is 1. The minimum atomic E-state index is -0.361. The summed E-state index contributed by atoms with van der Waals surface area (Å²) in [6.07, 6.45) is 0.180.